The first-order valence-electron chi connectivity index (χ1n) is 6.06. The number of anilines is 2. The largest absolute Gasteiger partial charge is 0.368 e. The number of halogens is 1. The van der Waals surface area contributed by atoms with Crippen LogP contribution in [-0.2, 0) is 0 Å². The third-order valence-corrected chi connectivity index (χ3v) is 2.84. The van der Waals surface area contributed by atoms with Crippen molar-refractivity contribution in [3.8, 4) is 6.07 Å². The fraction of sp³-hybridized carbons (Fsp3) is 0.143. The lowest BCUT2D eigenvalue weighted by molar-refractivity contribution is 0.952. The van der Waals surface area contributed by atoms with Crippen LogP contribution in [0.2, 0.25) is 5.02 Å². The average molecular weight is 301 g/mol. The van der Waals surface area contributed by atoms with Crippen LogP contribution in [0.4, 0.5) is 11.9 Å². The van der Waals surface area contributed by atoms with Crippen LogP contribution < -0.4 is 10.6 Å². The molecule has 2 N–H and O–H groups in total. The predicted molar refractivity (Wildman–Crippen MR) is 83.5 cm³/mol. The maximum Gasteiger partial charge on any atom is 0.230 e. The van der Waals surface area contributed by atoms with Crippen LogP contribution in [0.15, 0.2) is 24.3 Å². The molecule has 7 heteroatoms. The van der Waals surface area contributed by atoms with E-state index in [0.29, 0.717) is 16.5 Å². The van der Waals surface area contributed by atoms with Crippen LogP contribution in [-0.4, -0.2) is 29.0 Å². The average Bonchev–Trinajstić information content (AvgIpc) is 2.46. The fourth-order valence-electron chi connectivity index (χ4n) is 1.57. The highest BCUT2D eigenvalue weighted by atomic mass is 35.5. The van der Waals surface area contributed by atoms with E-state index >= 15 is 0 Å². The Labute approximate surface area is 127 Å². The van der Waals surface area contributed by atoms with E-state index in [1.807, 2.05) is 0 Å². The molecule has 0 radical (unpaired) electrons. The van der Waals surface area contributed by atoms with Crippen molar-refractivity contribution >= 4 is 35.1 Å². The van der Waals surface area contributed by atoms with E-state index in [-0.39, 0.29) is 11.8 Å². The van der Waals surface area contributed by atoms with Gasteiger partial charge in [0.25, 0.3) is 0 Å². The van der Waals surface area contributed by atoms with E-state index < -0.39 is 0 Å². The van der Waals surface area contributed by atoms with Crippen molar-refractivity contribution in [3.63, 3.8) is 0 Å². The van der Waals surface area contributed by atoms with Gasteiger partial charge in [-0.05, 0) is 23.8 Å². The fourth-order valence-corrected chi connectivity index (χ4v) is 1.70. The van der Waals surface area contributed by atoms with Crippen molar-refractivity contribution in [2.24, 2.45) is 0 Å². The van der Waals surface area contributed by atoms with Crippen molar-refractivity contribution in [2.45, 2.75) is 0 Å². The lowest BCUT2D eigenvalue weighted by Crippen LogP contribution is -2.15. The molecule has 0 amide bonds. The van der Waals surface area contributed by atoms with Gasteiger partial charge in [-0.1, -0.05) is 23.7 Å². The Balaban J connectivity index is 2.46. The molecule has 0 spiro atoms. The Morgan fingerprint density at radius 2 is 1.90 bits per heavy atom. The van der Waals surface area contributed by atoms with Crippen molar-refractivity contribution < 1.29 is 0 Å². The van der Waals surface area contributed by atoms with Gasteiger partial charge in [0, 0.05) is 19.1 Å². The summed E-state index contributed by atoms with van der Waals surface area (Å²) in [5, 5.41) is 9.95. The van der Waals surface area contributed by atoms with Crippen LogP contribution >= 0.6 is 11.6 Å². The molecule has 21 heavy (non-hydrogen) atoms. The minimum Gasteiger partial charge on any atom is -0.368 e. The maximum absolute atomic E-state index is 9.32. The lowest BCUT2D eigenvalue weighted by atomic mass is 10.1. The molecule has 1 aromatic carbocycles. The van der Waals surface area contributed by atoms with Crippen LogP contribution in [0, 0.1) is 11.3 Å². The van der Waals surface area contributed by atoms with Crippen molar-refractivity contribution in [2.75, 3.05) is 24.7 Å². The van der Waals surface area contributed by atoms with Gasteiger partial charge in [-0.3, -0.25) is 0 Å². The molecule has 2 aromatic rings. The highest BCUT2D eigenvalue weighted by Crippen LogP contribution is 2.18. The second kappa shape index (κ2) is 6.20. The number of benzene rings is 1. The summed E-state index contributed by atoms with van der Waals surface area (Å²) in [7, 11) is 3.57. The van der Waals surface area contributed by atoms with Gasteiger partial charge in [0.15, 0.2) is 5.82 Å². The molecule has 2 rings (SSSR count). The molecule has 1 heterocycles. The van der Waals surface area contributed by atoms with Gasteiger partial charge < -0.3 is 10.6 Å². The molecule has 0 fully saturated rings. The summed E-state index contributed by atoms with van der Waals surface area (Å²) in [4.78, 5) is 13.9. The SMILES string of the molecule is CN(C)c1nc(N)nc(/C(C#N)=C/c2ccc(Cl)cc2)n1. The van der Waals surface area contributed by atoms with E-state index in [2.05, 4.69) is 21.0 Å². The van der Waals surface area contributed by atoms with Gasteiger partial charge in [0.1, 0.15) is 6.07 Å². The van der Waals surface area contributed by atoms with Crippen molar-refractivity contribution in [1.82, 2.24) is 15.0 Å². The van der Waals surface area contributed by atoms with Gasteiger partial charge in [-0.15, -0.1) is 0 Å². The van der Waals surface area contributed by atoms with Crippen molar-refractivity contribution in [1.29, 1.82) is 5.26 Å². The van der Waals surface area contributed by atoms with E-state index in [4.69, 9.17) is 17.3 Å². The topological polar surface area (TPSA) is 91.7 Å². The molecule has 0 aliphatic rings. The Morgan fingerprint density at radius 3 is 2.48 bits per heavy atom. The molecule has 0 atom stereocenters. The molecule has 0 aliphatic heterocycles. The van der Waals surface area contributed by atoms with Gasteiger partial charge >= 0.3 is 0 Å². The minimum atomic E-state index is 0.0703. The summed E-state index contributed by atoms with van der Waals surface area (Å²) in [6.45, 7) is 0. The maximum atomic E-state index is 9.32. The zero-order chi connectivity index (χ0) is 15.4. The number of hydrogen-bond acceptors (Lipinski definition) is 6. The number of nitrogens with zero attached hydrogens (tertiary/aromatic N) is 5. The quantitative estimate of drug-likeness (QED) is 0.874. The molecule has 0 bridgehead atoms. The smallest absolute Gasteiger partial charge is 0.230 e. The predicted octanol–water partition coefficient (Wildman–Crippen LogP) is 2.24. The standard InChI is InChI=1S/C14H13ClN6/c1-21(2)14-19-12(18-13(17)20-14)10(8-16)7-9-3-5-11(15)6-4-9/h3-7H,1-2H3,(H2,17,18,19,20)/b10-7+. The molecular weight excluding hydrogens is 288 g/mol. The number of hydrogen-bond donors (Lipinski definition) is 1. The van der Waals surface area contributed by atoms with Gasteiger partial charge in [-0.2, -0.15) is 20.2 Å². The monoisotopic (exact) mass is 300 g/mol. The third kappa shape index (κ3) is 3.68. The Kier molecular flexibility index (Phi) is 4.36. The van der Waals surface area contributed by atoms with Gasteiger partial charge in [0.05, 0.1) is 5.57 Å². The van der Waals surface area contributed by atoms with Crippen molar-refractivity contribution in [3.05, 3.63) is 40.7 Å². The second-order valence-corrected chi connectivity index (χ2v) is 4.87. The van der Waals surface area contributed by atoms with Crippen LogP contribution in [0.1, 0.15) is 11.4 Å². The molecule has 0 aliphatic carbocycles. The summed E-state index contributed by atoms with van der Waals surface area (Å²) >= 11 is 5.83. The third-order valence-electron chi connectivity index (χ3n) is 2.58. The molecule has 106 valence electrons. The van der Waals surface area contributed by atoms with E-state index in [1.165, 1.54) is 0 Å². The molecule has 1 aromatic heterocycles. The summed E-state index contributed by atoms with van der Waals surface area (Å²) in [5.41, 5.74) is 6.78. The highest BCUT2D eigenvalue weighted by molar-refractivity contribution is 6.30. The number of nitrogen functional groups attached to an aromatic ring is 1. The van der Waals surface area contributed by atoms with Crippen LogP contribution in [0.3, 0.4) is 0 Å². The lowest BCUT2D eigenvalue weighted by Gasteiger charge is -2.10. The summed E-state index contributed by atoms with van der Waals surface area (Å²) in [6, 6.07) is 9.17. The first-order chi connectivity index (χ1) is 9.99. The number of nitriles is 1. The number of nitrogens with two attached hydrogens (primary N) is 1. The molecule has 0 saturated carbocycles. The Morgan fingerprint density at radius 1 is 1.24 bits per heavy atom. The zero-order valence-corrected chi connectivity index (χ0v) is 12.3. The van der Waals surface area contributed by atoms with E-state index in [0.717, 1.165) is 5.56 Å². The van der Waals surface area contributed by atoms with Gasteiger partial charge in [0.2, 0.25) is 11.9 Å². The number of aromatic nitrogens is 3. The first kappa shape index (κ1) is 14.8. The zero-order valence-electron chi connectivity index (χ0n) is 11.6. The Bertz CT molecular complexity index is 715. The molecule has 0 unspecified atom stereocenters. The minimum absolute atomic E-state index is 0.0703. The van der Waals surface area contributed by atoms with E-state index in [9.17, 15) is 5.26 Å². The Hall–Kier alpha value is -2.65. The highest BCUT2D eigenvalue weighted by Gasteiger charge is 2.10. The molecular formula is C14H13ClN6. The van der Waals surface area contributed by atoms with Crippen LogP contribution in [0.25, 0.3) is 11.6 Å². The van der Waals surface area contributed by atoms with Crippen LogP contribution in [0.5, 0.6) is 0 Å². The normalized spacial score (nSPS) is 11.0. The summed E-state index contributed by atoms with van der Waals surface area (Å²) in [6.07, 6.45) is 1.67. The number of rotatable bonds is 3. The summed E-state index contributed by atoms with van der Waals surface area (Å²) in [5.74, 6) is 0.708. The molecule has 6 nitrogen and oxygen atoms in total. The van der Waals surface area contributed by atoms with Gasteiger partial charge in [-0.25, -0.2) is 0 Å². The number of allylic oxidation sites excluding steroid dienone is 1. The first-order valence-corrected chi connectivity index (χ1v) is 6.44. The molecule has 0 saturated heterocycles. The summed E-state index contributed by atoms with van der Waals surface area (Å²) < 4.78 is 0. The second-order valence-electron chi connectivity index (χ2n) is 4.43. The van der Waals surface area contributed by atoms with E-state index in [1.54, 1.807) is 49.3 Å².